The lowest BCUT2D eigenvalue weighted by atomic mass is 10.0. The highest BCUT2D eigenvalue weighted by molar-refractivity contribution is 5.87. The van der Waals surface area contributed by atoms with E-state index in [9.17, 15) is 19.5 Å². The molecule has 1 rings (SSSR count). The highest BCUT2D eigenvalue weighted by Crippen LogP contribution is 2.12. The number of hydrogen-bond donors (Lipinski definition) is 4. The van der Waals surface area contributed by atoms with Crippen LogP contribution in [0, 0.1) is 0 Å². The number of phenolic OH excluding ortho intramolecular Hbond substituents is 1. The van der Waals surface area contributed by atoms with Gasteiger partial charge in [0, 0.05) is 25.8 Å². The highest BCUT2D eigenvalue weighted by Gasteiger charge is 2.21. The zero-order valence-electron chi connectivity index (χ0n) is 16.6. The van der Waals surface area contributed by atoms with Crippen molar-refractivity contribution in [2.45, 2.75) is 70.8 Å². The number of carbonyl (C=O) groups excluding carboxylic acids is 2. The third-order valence-corrected chi connectivity index (χ3v) is 4.40. The van der Waals surface area contributed by atoms with Crippen LogP contribution in [0.15, 0.2) is 24.3 Å². The number of carboxylic acid groups (broad SMARTS) is 1. The fraction of sp³-hybridized carbons (Fsp3) is 0.571. The van der Waals surface area contributed by atoms with Crippen LogP contribution in [0.25, 0.3) is 0 Å². The van der Waals surface area contributed by atoms with Gasteiger partial charge in [-0.25, -0.2) is 0 Å². The number of aliphatic carboxylic acids is 1. The summed E-state index contributed by atoms with van der Waals surface area (Å²) in [5.74, 6) is -1.28. The maximum absolute atomic E-state index is 12.5. The van der Waals surface area contributed by atoms with Crippen LogP contribution in [0.4, 0.5) is 0 Å². The summed E-state index contributed by atoms with van der Waals surface area (Å²) in [5, 5.41) is 23.5. The molecule has 7 heteroatoms. The monoisotopic (exact) mass is 392 g/mol. The lowest BCUT2D eigenvalue weighted by Gasteiger charge is -2.19. The predicted molar refractivity (Wildman–Crippen MR) is 107 cm³/mol. The average molecular weight is 392 g/mol. The SMILES string of the molecule is CCCCCCCC(=O)NC(Cc1ccc(O)cc1)C(=O)NCCCC(=O)O. The van der Waals surface area contributed by atoms with Crippen molar-refractivity contribution < 1.29 is 24.6 Å². The number of nitrogens with one attached hydrogen (secondary N) is 2. The van der Waals surface area contributed by atoms with Gasteiger partial charge >= 0.3 is 5.97 Å². The molecule has 0 fully saturated rings. The standard InChI is InChI=1S/C21H32N2O5/c1-2-3-4-5-6-8-19(25)23-18(15-16-10-12-17(24)13-11-16)21(28)22-14-7-9-20(26)27/h10-13,18,24H,2-9,14-15H2,1H3,(H,22,28)(H,23,25)(H,26,27). The molecule has 1 aromatic carbocycles. The number of benzene rings is 1. The Morgan fingerprint density at radius 1 is 0.964 bits per heavy atom. The molecule has 7 nitrogen and oxygen atoms in total. The molecule has 0 bridgehead atoms. The molecular weight excluding hydrogens is 360 g/mol. The molecule has 1 atom stereocenters. The first-order valence-corrected chi connectivity index (χ1v) is 9.99. The fourth-order valence-electron chi connectivity index (χ4n) is 2.81. The Kier molecular flexibility index (Phi) is 11.4. The van der Waals surface area contributed by atoms with Crippen LogP contribution < -0.4 is 10.6 Å². The zero-order chi connectivity index (χ0) is 20.8. The van der Waals surface area contributed by atoms with Gasteiger partial charge in [-0.15, -0.1) is 0 Å². The molecule has 0 radical (unpaired) electrons. The minimum atomic E-state index is -0.911. The molecule has 0 aliphatic rings. The van der Waals surface area contributed by atoms with E-state index in [1.165, 1.54) is 12.1 Å². The van der Waals surface area contributed by atoms with E-state index in [4.69, 9.17) is 5.11 Å². The molecule has 0 saturated carbocycles. The smallest absolute Gasteiger partial charge is 0.303 e. The zero-order valence-corrected chi connectivity index (χ0v) is 16.6. The third kappa shape index (κ3) is 10.5. The van der Waals surface area contributed by atoms with Gasteiger partial charge in [-0.05, 0) is 30.5 Å². The number of hydrogen-bond acceptors (Lipinski definition) is 4. The van der Waals surface area contributed by atoms with Gasteiger partial charge < -0.3 is 20.8 Å². The van der Waals surface area contributed by atoms with Crippen LogP contribution in [0.5, 0.6) is 5.75 Å². The summed E-state index contributed by atoms with van der Waals surface area (Å²) >= 11 is 0. The van der Waals surface area contributed by atoms with E-state index >= 15 is 0 Å². The molecule has 0 aliphatic heterocycles. The van der Waals surface area contributed by atoms with Crippen molar-refractivity contribution in [3.8, 4) is 5.75 Å². The molecule has 4 N–H and O–H groups in total. The van der Waals surface area contributed by atoms with E-state index < -0.39 is 12.0 Å². The van der Waals surface area contributed by atoms with Gasteiger partial charge in [0.15, 0.2) is 0 Å². The van der Waals surface area contributed by atoms with Gasteiger partial charge in [-0.1, -0.05) is 44.7 Å². The summed E-state index contributed by atoms with van der Waals surface area (Å²) in [6.45, 7) is 2.37. The molecule has 0 saturated heterocycles. The molecule has 156 valence electrons. The minimum absolute atomic E-state index is 0.0208. The number of carbonyl (C=O) groups is 3. The molecule has 2 amide bonds. The van der Waals surface area contributed by atoms with Crippen LogP contribution in [-0.4, -0.2) is 40.6 Å². The van der Waals surface area contributed by atoms with E-state index in [0.29, 0.717) is 19.3 Å². The Bertz CT molecular complexity index is 616. The van der Waals surface area contributed by atoms with E-state index in [-0.39, 0.29) is 30.5 Å². The number of carboxylic acids is 1. The molecule has 0 aromatic heterocycles. The lowest BCUT2D eigenvalue weighted by Crippen LogP contribution is -2.48. The summed E-state index contributed by atoms with van der Waals surface area (Å²) in [4.78, 5) is 35.3. The summed E-state index contributed by atoms with van der Waals surface area (Å²) in [5.41, 5.74) is 0.812. The number of amides is 2. The van der Waals surface area contributed by atoms with Crippen molar-refractivity contribution >= 4 is 17.8 Å². The van der Waals surface area contributed by atoms with Crippen molar-refractivity contribution in [2.75, 3.05) is 6.54 Å². The Labute approximate surface area is 166 Å². The number of phenols is 1. The second-order valence-electron chi connectivity index (χ2n) is 6.94. The van der Waals surface area contributed by atoms with E-state index in [0.717, 1.165) is 37.7 Å². The van der Waals surface area contributed by atoms with Crippen molar-refractivity contribution in [3.05, 3.63) is 29.8 Å². The van der Waals surface area contributed by atoms with E-state index in [1.54, 1.807) is 12.1 Å². The van der Waals surface area contributed by atoms with Crippen LogP contribution in [0.3, 0.4) is 0 Å². The maximum Gasteiger partial charge on any atom is 0.303 e. The molecule has 0 spiro atoms. The first-order valence-electron chi connectivity index (χ1n) is 9.99. The second-order valence-corrected chi connectivity index (χ2v) is 6.94. The Hall–Kier alpha value is -2.57. The predicted octanol–water partition coefficient (Wildman–Crippen LogP) is 2.76. The summed E-state index contributed by atoms with van der Waals surface area (Å²) < 4.78 is 0. The molecule has 0 heterocycles. The quantitative estimate of drug-likeness (QED) is 0.363. The van der Waals surface area contributed by atoms with E-state index in [1.807, 2.05) is 0 Å². The van der Waals surface area contributed by atoms with Crippen LogP contribution in [0.1, 0.15) is 63.9 Å². The van der Waals surface area contributed by atoms with Crippen LogP contribution in [0.2, 0.25) is 0 Å². The first-order chi connectivity index (χ1) is 13.4. The normalized spacial score (nSPS) is 11.6. The van der Waals surface area contributed by atoms with Gasteiger partial charge in [0.25, 0.3) is 0 Å². The van der Waals surface area contributed by atoms with E-state index in [2.05, 4.69) is 17.6 Å². The first kappa shape index (κ1) is 23.5. The topological polar surface area (TPSA) is 116 Å². The molecule has 28 heavy (non-hydrogen) atoms. The maximum atomic E-state index is 12.5. The van der Waals surface area contributed by atoms with Gasteiger partial charge in [0.1, 0.15) is 11.8 Å². The van der Waals surface area contributed by atoms with Crippen LogP contribution in [-0.2, 0) is 20.8 Å². The number of unbranched alkanes of at least 4 members (excludes halogenated alkanes) is 4. The molecular formula is C21H32N2O5. The number of aromatic hydroxyl groups is 1. The number of rotatable bonds is 14. The Balaban J connectivity index is 2.58. The third-order valence-electron chi connectivity index (χ3n) is 4.40. The van der Waals surface area contributed by atoms with Crippen molar-refractivity contribution in [3.63, 3.8) is 0 Å². The van der Waals surface area contributed by atoms with Gasteiger partial charge in [-0.2, -0.15) is 0 Å². The highest BCUT2D eigenvalue weighted by atomic mass is 16.4. The summed E-state index contributed by atoms with van der Waals surface area (Å²) in [7, 11) is 0. The Morgan fingerprint density at radius 2 is 1.64 bits per heavy atom. The Morgan fingerprint density at radius 3 is 2.29 bits per heavy atom. The molecule has 0 aliphatic carbocycles. The fourth-order valence-corrected chi connectivity index (χ4v) is 2.81. The lowest BCUT2D eigenvalue weighted by molar-refractivity contribution is -0.137. The average Bonchev–Trinajstić information content (AvgIpc) is 2.66. The summed E-state index contributed by atoms with van der Waals surface area (Å²) in [6.07, 6.45) is 6.17. The van der Waals surface area contributed by atoms with Crippen LogP contribution >= 0.6 is 0 Å². The van der Waals surface area contributed by atoms with Crippen molar-refractivity contribution in [1.29, 1.82) is 0 Å². The van der Waals surface area contributed by atoms with Gasteiger partial charge in [0.05, 0.1) is 0 Å². The van der Waals surface area contributed by atoms with Gasteiger partial charge in [-0.3, -0.25) is 14.4 Å². The van der Waals surface area contributed by atoms with Gasteiger partial charge in [0.2, 0.25) is 11.8 Å². The molecule has 1 unspecified atom stereocenters. The largest absolute Gasteiger partial charge is 0.508 e. The summed E-state index contributed by atoms with van der Waals surface area (Å²) in [6, 6.07) is 5.74. The minimum Gasteiger partial charge on any atom is -0.508 e. The second kappa shape index (κ2) is 13.6. The van der Waals surface area contributed by atoms with Crippen molar-refractivity contribution in [2.24, 2.45) is 0 Å². The van der Waals surface area contributed by atoms with Crippen molar-refractivity contribution in [1.82, 2.24) is 10.6 Å². The molecule has 1 aromatic rings.